The minimum Gasteiger partial charge on any atom is -0.506 e. The van der Waals surface area contributed by atoms with Gasteiger partial charge in [0.25, 0.3) is 0 Å². The summed E-state index contributed by atoms with van der Waals surface area (Å²) in [6.07, 6.45) is 0.640. The van der Waals surface area contributed by atoms with Crippen LogP contribution in [0.15, 0.2) is 42.5 Å². The lowest BCUT2D eigenvalue weighted by Gasteiger charge is -2.24. The first-order valence-corrected chi connectivity index (χ1v) is 7.01. The monoisotopic (exact) mass is 303 g/mol. The van der Waals surface area contributed by atoms with E-state index >= 15 is 0 Å². The Labute approximate surface area is 127 Å². The normalized spacial score (nSPS) is 16.7. The summed E-state index contributed by atoms with van der Waals surface area (Å²) in [6, 6.07) is 12.3. The van der Waals surface area contributed by atoms with Gasteiger partial charge in [0.2, 0.25) is 5.91 Å². The van der Waals surface area contributed by atoms with Gasteiger partial charge < -0.3 is 15.2 Å². The highest BCUT2D eigenvalue weighted by atomic mass is 35.5. The van der Waals surface area contributed by atoms with Crippen molar-refractivity contribution in [3.63, 3.8) is 0 Å². The molecule has 0 bridgehead atoms. The Balaban J connectivity index is 1.70. The molecular formula is C16H14ClNO3. The van der Waals surface area contributed by atoms with Crippen molar-refractivity contribution in [2.45, 2.75) is 6.42 Å². The molecule has 1 unspecified atom stereocenters. The maximum Gasteiger partial charge on any atom is 0.231 e. The van der Waals surface area contributed by atoms with Gasteiger partial charge in [0.15, 0.2) is 0 Å². The Hall–Kier alpha value is -2.20. The lowest BCUT2D eigenvalue weighted by Crippen LogP contribution is -2.32. The van der Waals surface area contributed by atoms with Gasteiger partial charge in [-0.2, -0.15) is 0 Å². The number of hydrogen-bond acceptors (Lipinski definition) is 3. The number of nitrogens with one attached hydrogen (secondary N) is 1. The fraction of sp³-hybridized carbons (Fsp3) is 0.188. The van der Waals surface area contributed by atoms with Gasteiger partial charge in [-0.25, -0.2) is 0 Å². The molecule has 1 aliphatic heterocycles. The first-order chi connectivity index (χ1) is 10.1. The van der Waals surface area contributed by atoms with Crippen LogP contribution in [0.1, 0.15) is 5.56 Å². The summed E-state index contributed by atoms with van der Waals surface area (Å²) in [4.78, 5) is 12.3. The number of carbonyl (C=O) groups is 1. The average molecular weight is 304 g/mol. The van der Waals surface area contributed by atoms with Crippen LogP contribution in [-0.4, -0.2) is 17.6 Å². The topological polar surface area (TPSA) is 58.6 Å². The number of hydrogen-bond donors (Lipinski definition) is 2. The molecule has 0 aliphatic carbocycles. The molecule has 21 heavy (non-hydrogen) atoms. The van der Waals surface area contributed by atoms with Gasteiger partial charge in [0.1, 0.15) is 18.1 Å². The quantitative estimate of drug-likeness (QED) is 0.895. The molecule has 0 fully saturated rings. The van der Waals surface area contributed by atoms with Crippen LogP contribution in [-0.2, 0) is 11.2 Å². The lowest BCUT2D eigenvalue weighted by molar-refractivity contribution is -0.121. The van der Waals surface area contributed by atoms with Crippen molar-refractivity contribution in [2.24, 2.45) is 5.92 Å². The van der Waals surface area contributed by atoms with Crippen LogP contribution in [0.5, 0.6) is 11.5 Å². The fourth-order valence-corrected chi connectivity index (χ4v) is 2.45. The van der Waals surface area contributed by atoms with Crippen molar-refractivity contribution in [1.29, 1.82) is 0 Å². The summed E-state index contributed by atoms with van der Waals surface area (Å²) in [7, 11) is 0. The summed E-state index contributed by atoms with van der Waals surface area (Å²) >= 11 is 5.74. The van der Waals surface area contributed by atoms with E-state index in [1.165, 1.54) is 6.07 Å². The number of benzene rings is 2. The number of carbonyl (C=O) groups excluding carboxylic acids is 1. The number of ether oxygens (including phenoxy) is 1. The molecule has 0 radical (unpaired) electrons. The van der Waals surface area contributed by atoms with Gasteiger partial charge in [-0.05, 0) is 30.2 Å². The van der Waals surface area contributed by atoms with E-state index in [0.717, 1.165) is 11.3 Å². The summed E-state index contributed by atoms with van der Waals surface area (Å²) in [5.74, 6) is 0.398. The Bertz CT molecular complexity index is 687. The summed E-state index contributed by atoms with van der Waals surface area (Å²) < 4.78 is 5.61. The molecule has 5 heteroatoms. The third-order valence-electron chi connectivity index (χ3n) is 3.46. The summed E-state index contributed by atoms with van der Waals surface area (Å²) in [5, 5.41) is 12.6. The van der Waals surface area contributed by atoms with E-state index in [2.05, 4.69) is 5.32 Å². The van der Waals surface area contributed by atoms with Crippen molar-refractivity contribution < 1.29 is 14.6 Å². The highest BCUT2D eigenvalue weighted by Gasteiger charge is 2.25. The second-order valence-electron chi connectivity index (χ2n) is 4.98. The number of fused-ring (bicyclic) bond motifs is 1. The van der Waals surface area contributed by atoms with Gasteiger partial charge in [-0.1, -0.05) is 29.8 Å². The van der Waals surface area contributed by atoms with Gasteiger partial charge in [0, 0.05) is 11.8 Å². The molecule has 0 aromatic heterocycles. The molecule has 0 saturated heterocycles. The molecule has 108 valence electrons. The van der Waals surface area contributed by atoms with E-state index in [1.807, 2.05) is 24.3 Å². The van der Waals surface area contributed by atoms with Crippen molar-refractivity contribution >= 4 is 23.2 Å². The Morgan fingerprint density at radius 2 is 2.10 bits per heavy atom. The van der Waals surface area contributed by atoms with Crippen LogP contribution in [0.25, 0.3) is 0 Å². The van der Waals surface area contributed by atoms with Crippen LogP contribution in [0, 0.1) is 5.92 Å². The summed E-state index contributed by atoms with van der Waals surface area (Å²) in [6.45, 7) is 0.350. The number of aromatic hydroxyl groups is 1. The standard InChI is InChI=1S/C16H14ClNO3/c17-13-6-5-12(8-14(13)19)18-16(20)11-7-10-3-1-2-4-15(10)21-9-11/h1-6,8,11,19H,7,9H2,(H,18,20). The predicted octanol–water partition coefficient (Wildman–Crippen LogP) is 3.24. The van der Waals surface area contributed by atoms with E-state index in [0.29, 0.717) is 18.7 Å². The molecule has 0 spiro atoms. The molecule has 0 saturated carbocycles. The third kappa shape index (κ3) is 2.95. The second-order valence-corrected chi connectivity index (χ2v) is 5.38. The van der Waals surface area contributed by atoms with E-state index in [4.69, 9.17) is 16.3 Å². The highest BCUT2D eigenvalue weighted by molar-refractivity contribution is 6.32. The lowest BCUT2D eigenvalue weighted by atomic mass is 9.96. The molecule has 1 atom stereocenters. The molecular weight excluding hydrogens is 290 g/mol. The van der Waals surface area contributed by atoms with Crippen molar-refractivity contribution in [3.05, 3.63) is 53.1 Å². The van der Waals surface area contributed by atoms with Gasteiger partial charge in [-0.3, -0.25) is 4.79 Å². The third-order valence-corrected chi connectivity index (χ3v) is 3.78. The van der Waals surface area contributed by atoms with Crippen LogP contribution in [0.3, 0.4) is 0 Å². The van der Waals surface area contributed by atoms with E-state index in [-0.39, 0.29) is 22.6 Å². The SMILES string of the molecule is O=C(Nc1ccc(Cl)c(O)c1)C1COc2ccccc2C1. The van der Waals surface area contributed by atoms with Gasteiger partial charge >= 0.3 is 0 Å². The molecule has 1 amide bonds. The van der Waals surface area contributed by atoms with Crippen LogP contribution in [0.2, 0.25) is 5.02 Å². The zero-order valence-corrected chi connectivity index (χ0v) is 11.9. The zero-order valence-electron chi connectivity index (χ0n) is 11.2. The maximum atomic E-state index is 12.3. The molecule has 1 aliphatic rings. The second kappa shape index (κ2) is 5.66. The average Bonchev–Trinajstić information content (AvgIpc) is 2.50. The molecule has 4 nitrogen and oxygen atoms in total. The highest BCUT2D eigenvalue weighted by Crippen LogP contribution is 2.29. The summed E-state index contributed by atoms with van der Waals surface area (Å²) in [5.41, 5.74) is 1.55. The number of phenolic OH excluding ortho intramolecular Hbond substituents is 1. The van der Waals surface area contributed by atoms with Crippen LogP contribution < -0.4 is 10.1 Å². The van der Waals surface area contributed by atoms with Crippen molar-refractivity contribution in [1.82, 2.24) is 0 Å². The molecule has 2 aromatic carbocycles. The zero-order chi connectivity index (χ0) is 14.8. The molecule has 1 heterocycles. The van der Waals surface area contributed by atoms with Gasteiger partial charge in [-0.15, -0.1) is 0 Å². The number of halogens is 1. The smallest absolute Gasteiger partial charge is 0.231 e. The number of phenols is 1. The minimum atomic E-state index is -0.252. The van der Waals surface area contributed by atoms with Crippen LogP contribution in [0.4, 0.5) is 5.69 Å². The molecule has 3 rings (SSSR count). The molecule has 2 aromatic rings. The number of amides is 1. The Morgan fingerprint density at radius 1 is 1.29 bits per heavy atom. The first kappa shape index (κ1) is 13.8. The van der Waals surface area contributed by atoms with E-state index < -0.39 is 0 Å². The van der Waals surface area contributed by atoms with E-state index in [1.54, 1.807) is 12.1 Å². The number of para-hydroxylation sites is 1. The largest absolute Gasteiger partial charge is 0.506 e. The van der Waals surface area contributed by atoms with Crippen LogP contribution >= 0.6 is 11.6 Å². The van der Waals surface area contributed by atoms with Gasteiger partial charge in [0.05, 0.1) is 10.9 Å². The number of rotatable bonds is 2. The maximum absolute atomic E-state index is 12.3. The van der Waals surface area contributed by atoms with Crippen molar-refractivity contribution in [2.75, 3.05) is 11.9 Å². The minimum absolute atomic E-state index is 0.0558. The Morgan fingerprint density at radius 3 is 2.90 bits per heavy atom. The van der Waals surface area contributed by atoms with E-state index in [9.17, 15) is 9.90 Å². The molecule has 2 N–H and O–H groups in total. The first-order valence-electron chi connectivity index (χ1n) is 6.63. The fourth-order valence-electron chi connectivity index (χ4n) is 2.33. The predicted molar refractivity (Wildman–Crippen MR) is 80.9 cm³/mol. The Kier molecular flexibility index (Phi) is 3.71. The van der Waals surface area contributed by atoms with Crippen molar-refractivity contribution in [3.8, 4) is 11.5 Å². The number of anilines is 1.